The first-order valence-corrected chi connectivity index (χ1v) is 17.2. The predicted octanol–water partition coefficient (Wildman–Crippen LogP) is 2.29. The van der Waals surface area contributed by atoms with Crippen LogP contribution in [0.15, 0.2) is 79.0 Å². The van der Waals surface area contributed by atoms with E-state index >= 15 is 0 Å². The number of fused-ring (bicyclic) bond motifs is 4. The highest BCUT2D eigenvalue weighted by Gasteiger charge is 2.37. The quantitative estimate of drug-likeness (QED) is 0.312. The van der Waals surface area contributed by atoms with E-state index in [2.05, 4.69) is 25.8 Å². The van der Waals surface area contributed by atoms with Crippen LogP contribution in [-0.4, -0.2) is 103 Å². The lowest BCUT2D eigenvalue weighted by Crippen LogP contribution is -2.56. The summed E-state index contributed by atoms with van der Waals surface area (Å²) in [5.74, 6) is -1.18. The number of methoxy groups -OCH3 is 1. The van der Waals surface area contributed by atoms with Crippen molar-refractivity contribution < 1.29 is 28.7 Å². The van der Waals surface area contributed by atoms with Crippen molar-refractivity contribution in [1.82, 2.24) is 30.7 Å². The molecule has 0 saturated carbocycles. The van der Waals surface area contributed by atoms with E-state index in [4.69, 9.17) is 9.47 Å². The number of carbonyl (C=O) groups excluding carboxylic acids is 4. The summed E-state index contributed by atoms with van der Waals surface area (Å²) in [5.41, 5.74) is 2.75. The van der Waals surface area contributed by atoms with Gasteiger partial charge < -0.3 is 30.3 Å². The van der Waals surface area contributed by atoms with Crippen molar-refractivity contribution >= 4 is 23.6 Å². The lowest BCUT2D eigenvalue weighted by molar-refractivity contribution is -0.141. The molecular formula is C38H48N6O6. The Labute approximate surface area is 293 Å². The number of nitrogens with zero attached hydrogens (tertiary/aromatic N) is 3. The number of nitrogens with one attached hydrogen (secondary N) is 3. The zero-order chi connectivity index (χ0) is 35.5. The van der Waals surface area contributed by atoms with Crippen LogP contribution in [0.5, 0.6) is 5.75 Å². The van der Waals surface area contributed by atoms with Gasteiger partial charge in [-0.25, -0.2) is 0 Å². The van der Waals surface area contributed by atoms with E-state index in [1.54, 1.807) is 12.3 Å². The van der Waals surface area contributed by atoms with Crippen LogP contribution in [0.3, 0.4) is 0 Å². The highest BCUT2D eigenvalue weighted by molar-refractivity contribution is 5.93. The number of rotatable bonds is 9. The molecule has 12 nitrogen and oxygen atoms in total. The highest BCUT2D eigenvalue weighted by Crippen LogP contribution is 2.31. The lowest BCUT2D eigenvalue weighted by atomic mass is 9.93. The molecule has 2 aromatic carbocycles. The third-order valence-electron chi connectivity index (χ3n) is 8.98. The number of aromatic nitrogens is 1. The van der Waals surface area contributed by atoms with Crippen LogP contribution in [0.2, 0.25) is 0 Å². The van der Waals surface area contributed by atoms with Gasteiger partial charge in [0.2, 0.25) is 17.7 Å². The Morgan fingerprint density at radius 1 is 0.900 bits per heavy atom. The van der Waals surface area contributed by atoms with Gasteiger partial charge in [-0.05, 0) is 47.7 Å². The molecule has 266 valence electrons. The first kappa shape index (κ1) is 36.5. The summed E-state index contributed by atoms with van der Waals surface area (Å²) in [6, 6.07) is 20.8. The van der Waals surface area contributed by atoms with Crippen molar-refractivity contribution in [3.05, 3.63) is 95.8 Å². The maximum atomic E-state index is 14.2. The molecule has 4 atom stereocenters. The molecule has 2 bridgehead atoms. The Kier molecular flexibility index (Phi) is 12.9. The lowest BCUT2D eigenvalue weighted by Gasteiger charge is -2.29. The summed E-state index contributed by atoms with van der Waals surface area (Å²) < 4.78 is 11.2. The maximum absolute atomic E-state index is 14.2. The molecule has 5 rings (SSSR count). The summed E-state index contributed by atoms with van der Waals surface area (Å²) in [6.45, 7) is 5.44. The Balaban J connectivity index is 1.48. The van der Waals surface area contributed by atoms with E-state index < -0.39 is 29.8 Å². The Bertz CT molecular complexity index is 1590. The minimum Gasteiger partial charge on any atom is -0.484 e. The molecule has 0 aliphatic carbocycles. The molecule has 3 aromatic rings. The molecule has 3 heterocycles. The van der Waals surface area contributed by atoms with E-state index in [1.165, 1.54) is 12.0 Å². The molecule has 50 heavy (non-hydrogen) atoms. The number of hydrogen-bond donors (Lipinski definition) is 3. The monoisotopic (exact) mass is 684 g/mol. The van der Waals surface area contributed by atoms with Crippen LogP contribution in [0, 0.1) is 5.92 Å². The van der Waals surface area contributed by atoms with E-state index in [0.29, 0.717) is 31.8 Å². The van der Waals surface area contributed by atoms with Gasteiger partial charge in [0.05, 0.1) is 18.8 Å². The van der Waals surface area contributed by atoms with Crippen molar-refractivity contribution in [2.75, 3.05) is 46.5 Å². The summed E-state index contributed by atoms with van der Waals surface area (Å²) in [5, 5.41) is 9.04. The number of carbonyl (C=O) groups is 4. The SMILES string of the molecule is COCCN1CC(=O)N[C@@H](Cc2ccccc2)C(=O)N[C@H]2CN(Cc3ccccn3)C[C@@H]2c2cccc(c2)OCC(=O)N[C@H](CC(C)C)C1=O. The highest BCUT2D eigenvalue weighted by atomic mass is 16.5. The fraction of sp³-hybridized carbons (Fsp3) is 0.447. The molecule has 1 saturated heterocycles. The maximum Gasteiger partial charge on any atom is 0.258 e. The van der Waals surface area contributed by atoms with Crippen LogP contribution in [0.1, 0.15) is 43.0 Å². The second kappa shape index (κ2) is 17.7. The van der Waals surface area contributed by atoms with E-state index in [1.807, 2.05) is 80.6 Å². The topological polar surface area (TPSA) is 142 Å². The Morgan fingerprint density at radius 2 is 1.68 bits per heavy atom. The molecule has 0 spiro atoms. The van der Waals surface area contributed by atoms with Gasteiger partial charge in [-0.2, -0.15) is 0 Å². The number of benzene rings is 2. The minimum absolute atomic E-state index is 0.0772. The standard InChI is InChI=1S/C38H48N6O6/c1-26(2)18-33-38(48)44(16-17-49-3)24-35(45)40-32(19-27-10-5-4-6-11-27)37(47)42-34-23-43(21-29-13-7-8-15-39-29)22-31(34)28-12-9-14-30(20-28)50-25-36(46)41-33/h4-15,20,26,31-34H,16-19,21-25H2,1-3H3,(H,40,45)(H,41,46)(H,42,47)/t31-,32+,33-,34+/m1/s1. The second-order valence-electron chi connectivity index (χ2n) is 13.4. The van der Waals surface area contributed by atoms with Gasteiger partial charge in [-0.1, -0.05) is 62.4 Å². The van der Waals surface area contributed by atoms with Crippen LogP contribution >= 0.6 is 0 Å². The summed E-state index contributed by atoms with van der Waals surface area (Å²) in [6.07, 6.45) is 2.39. The molecule has 3 N–H and O–H groups in total. The average molecular weight is 685 g/mol. The predicted molar refractivity (Wildman–Crippen MR) is 188 cm³/mol. The number of hydrogen-bond acceptors (Lipinski definition) is 8. The second-order valence-corrected chi connectivity index (χ2v) is 13.4. The summed E-state index contributed by atoms with van der Waals surface area (Å²) in [7, 11) is 1.51. The first-order valence-electron chi connectivity index (χ1n) is 17.2. The molecule has 12 heteroatoms. The van der Waals surface area contributed by atoms with Crippen LogP contribution in [0.4, 0.5) is 0 Å². The number of pyridine rings is 1. The molecule has 0 radical (unpaired) electrons. The molecule has 0 unspecified atom stereocenters. The van der Waals surface area contributed by atoms with Gasteiger partial charge in [0.15, 0.2) is 6.61 Å². The van der Waals surface area contributed by atoms with E-state index in [-0.39, 0.29) is 56.5 Å². The molecule has 4 amide bonds. The Morgan fingerprint density at radius 3 is 2.42 bits per heavy atom. The van der Waals surface area contributed by atoms with Crippen molar-refractivity contribution in [2.45, 2.75) is 57.3 Å². The van der Waals surface area contributed by atoms with Gasteiger partial charge in [-0.15, -0.1) is 0 Å². The normalized spacial score (nSPS) is 22.5. The zero-order valence-electron chi connectivity index (χ0n) is 29.0. The molecule has 1 fully saturated rings. The van der Waals surface area contributed by atoms with Crippen molar-refractivity contribution in [1.29, 1.82) is 0 Å². The average Bonchev–Trinajstić information content (AvgIpc) is 3.50. The number of likely N-dealkylation sites (tertiary alicyclic amines) is 1. The van der Waals surface area contributed by atoms with Gasteiger partial charge in [-0.3, -0.25) is 29.1 Å². The van der Waals surface area contributed by atoms with Gasteiger partial charge in [0.25, 0.3) is 5.91 Å². The number of ether oxygens (including phenoxy) is 2. The van der Waals surface area contributed by atoms with Crippen LogP contribution in [0.25, 0.3) is 0 Å². The van der Waals surface area contributed by atoms with Gasteiger partial charge >= 0.3 is 0 Å². The van der Waals surface area contributed by atoms with Gasteiger partial charge in [0.1, 0.15) is 17.8 Å². The smallest absolute Gasteiger partial charge is 0.258 e. The van der Waals surface area contributed by atoms with E-state index in [0.717, 1.165) is 16.8 Å². The van der Waals surface area contributed by atoms with E-state index in [9.17, 15) is 19.2 Å². The van der Waals surface area contributed by atoms with Crippen molar-refractivity contribution in [3.63, 3.8) is 0 Å². The fourth-order valence-corrected chi connectivity index (χ4v) is 6.58. The fourth-order valence-electron chi connectivity index (χ4n) is 6.58. The van der Waals surface area contributed by atoms with Crippen molar-refractivity contribution in [2.24, 2.45) is 5.92 Å². The minimum atomic E-state index is -0.908. The largest absolute Gasteiger partial charge is 0.484 e. The first-order chi connectivity index (χ1) is 24.2. The summed E-state index contributed by atoms with van der Waals surface area (Å²) >= 11 is 0. The van der Waals surface area contributed by atoms with Crippen LogP contribution < -0.4 is 20.7 Å². The molecule has 2 aliphatic rings. The third kappa shape index (κ3) is 10.3. The Hall–Kier alpha value is -4.81. The molecule has 2 aliphatic heterocycles. The molecular weight excluding hydrogens is 636 g/mol. The zero-order valence-corrected chi connectivity index (χ0v) is 29.0. The number of amides is 4. The van der Waals surface area contributed by atoms with Crippen LogP contribution in [-0.2, 0) is 36.9 Å². The summed E-state index contributed by atoms with van der Waals surface area (Å²) in [4.78, 5) is 63.1. The van der Waals surface area contributed by atoms with Gasteiger partial charge in [0, 0.05) is 57.9 Å². The van der Waals surface area contributed by atoms with Crippen molar-refractivity contribution in [3.8, 4) is 5.75 Å². The third-order valence-corrected chi connectivity index (χ3v) is 8.98. The molecule has 1 aromatic heterocycles.